The Morgan fingerprint density at radius 1 is 0.656 bits per heavy atom. The number of hydrogen-bond donors (Lipinski definition) is 2. The molecule has 0 aliphatic rings. The first-order chi connectivity index (χ1) is 15.7. The highest BCUT2D eigenvalue weighted by atomic mass is 16.2. The number of fused-ring (bicyclic) bond motifs is 1. The molecular formula is C28H22N2O2. The molecule has 4 heteroatoms. The molecule has 0 aliphatic carbocycles. The first-order valence-electron chi connectivity index (χ1n) is 10.3. The minimum absolute atomic E-state index is 0.159. The molecule has 2 amide bonds. The number of carbonyl (C=O) groups is 2. The van der Waals surface area contributed by atoms with Crippen molar-refractivity contribution in [3.63, 3.8) is 0 Å². The lowest BCUT2D eigenvalue weighted by molar-refractivity contribution is -0.118. The van der Waals surface area contributed by atoms with Crippen LogP contribution in [0.15, 0.2) is 115 Å². The van der Waals surface area contributed by atoms with E-state index in [9.17, 15) is 9.59 Å². The van der Waals surface area contributed by atoms with E-state index in [0.717, 1.165) is 21.9 Å². The van der Waals surface area contributed by atoms with Gasteiger partial charge in [-0.2, -0.15) is 0 Å². The zero-order valence-corrected chi connectivity index (χ0v) is 17.4. The van der Waals surface area contributed by atoms with Gasteiger partial charge in [0.2, 0.25) is 5.91 Å². The molecule has 4 aromatic carbocycles. The Morgan fingerprint density at radius 2 is 1.28 bits per heavy atom. The Bertz CT molecular complexity index is 1290. The van der Waals surface area contributed by atoms with Crippen LogP contribution in [0, 0.1) is 0 Å². The lowest BCUT2D eigenvalue weighted by atomic mass is 10.1. The van der Waals surface area contributed by atoms with Gasteiger partial charge in [0.1, 0.15) is 5.70 Å². The van der Waals surface area contributed by atoms with Crippen molar-refractivity contribution in [2.75, 3.05) is 5.32 Å². The molecule has 2 N–H and O–H groups in total. The smallest absolute Gasteiger partial charge is 0.272 e. The number of hydrogen-bond acceptors (Lipinski definition) is 2. The summed E-state index contributed by atoms with van der Waals surface area (Å²) in [6, 6.07) is 32.5. The summed E-state index contributed by atoms with van der Waals surface area (Å²) >= 11 is 0. The molecule has 156 valence electrons. The third-order valence-electron chi connectivity index (χ3n) is 4.85. The van der Waals surface area contributed by atoms with Crippen LogP contribution in [-0.2, 0) is 9.59 Å². The van der Waals surface area contributed by atoms with Gasteiger partial charge < -0.3 is 10.6 Å². The standard InChI is InChI=1S/C28H22N2O2/c31-27(18-15-21-9-3-1-4-10-21)30-26(19-22-11-5-2-6-12-22)28(32)29-25-17-16-23-13-7-8-14-24(23)20-25/h1-20H,(H,29,32)(H,30,31). The topological polar surface area (TPSA) is 58.2 Å². The molecule has 0 radical (unpaired) electrons. The van der Waals surface area contributed by atoms with Crippen molar-refractivity contribution in [2.24, 2.45) is 0 Å². The van der Waals surface area contributed by atoms with Crippen LogP contribution in [0.1, 0.15) is 11.1 Å². The molecule has 4 rings (SSSR count). The van der Waals surface area contributed by atoms with E-state index in [-0.39, 0.29) is 11.6 Å². The normalized spacial score (nSPS) is 11.4. The number of rotatable bonds is 6. The maximum atomic E-state index is 13.0. The molecule has 0 fully saturated rings. The van der Waals surface area contributed by atoms with Gasteiger partial charge in [-0.1, -0.05) is 91.0 Å². The Balaban J connectivity index is 1.55. The number of anilines is 1. The summed E-state index contributed by atoms with van der Waals surface area (Å²) in [6.45, 7) is 0. The van der Waals surface area contributed by atoms with Crippen LogP contribution in [0.5, 0.6) is 0 Å². The fraction of sp³-hybridized carbons (Fsp3) is 0. The molecule has 0 spiro atoms. The second-order valence-electron chi connectivity index (χ2n) is 7.22. The maximum absolute atomic E-state index is 13.0. The van der Waals surface area contributed by atoms with Gasteiger partial charge in [-0.15, -0.1) is 0 Å². The van der Waals surface area contributed by atoms with Gasteiger partial charge in [-0.3, -0.25) is 9.59 Å². The van der Waals surface area contributed by atoms with E-state index in [4.69, 9.17) is 0 Å². The first kappa shape index (κ1) is 20.8. The second kappa shape index (κ2) is 10.0. The third-order valence-corrected chi connectivity index (χ3v) is 4.85. The summed E-state index contributed by atoms with van der Waals surface area (Å²) in [5.41, 5.74) is 2.52. The van der Waals surface area contributed by atoms with Crippen molar-refractivity contribution >= 4 is 40.4 Å². The van der Waals surface area contributed by atoms with Crippen molar-refractivity contribution in [3.05, 3.63) is 126 Å². The van der Waals surface area contributed by atoms with Gasteiger partial charge in [0.15, 0.2) is 0 Å². The largest absolute Gasteiger partial charge is 0.321 e. The Hall–Kier alpha value is -4.44. The van der Waals surface area contributed by atoms with E-state index < -0.39 is 5.91 Å². The summed E-state index contributed by atoms with van der Waals surface area (Å²) in [4.78, 5) is 25.6. The number of carbonyl (C=O) groups excluding carboxylic acids is 2. The summed E-state index contributed by atoms with van der Waals surface area (Å²) < 4.78 is 0. The minimum Gasteiger partial charge on any atom is -0.321 e. The van der Waals surface area contributed by atoms with Crippen LogP contribution in [0.2, 0.25) is 0 Å². The van der Waals surface area contributed by atoms with E-state index in [1.165, 1.54) is 6.08 Å². The van der Waals surface area contributed by atoms with Crippen LogP contribution in [0.4, 0.5) is 5.69 Å². The van der Waals surface area contributed by atoms with Crippen molar-refractivity contribution in [1.29, 1.82) is 0 Å². The van der Waals surface area contributed by atoms with Gasteiger partial charge >= 0.3 is 0 Å². The summed E-state index contributed by atoms with van der Waals surface area (Å²) in [5.74, 6) is -0.782. The average molecular weight is 418 g/mol. The van der Waals surface area contributed by atoms with E-state index in [1.54, 1.807) is 12.2 Å². The number of nitrogens with one attached hydrogen (secondary N) is 2. The van der Waals surface area contributed by atoms with Crippen LogP contribution < -0.4 is 10.6 Å². The van der Waals surface area contributed by atoms with E-state index >= 15 is 0 Å². The van der Waals surface area contributed by atoms with Crippen LogP contribution in [0.25, 0.3) is 22.9 Å². The minimum atomic E-state index is -0.398. The lowest BCUT2D eigenvalue weighted by Crippen LogP contribution is -2.29. The average Bonchev–Trinajstić information content (AvgIpc) is 2.83. The molecule has 0 aliphatic heterocycles. The van der Waals surface area contributed by atoms with Gasteiger partial charge in [0.25, 0.3) is 5.91 Å². The quantitative estimate of drug-likeness (QED) is 0.398. The summed E-state index contributed by atoms with van der Waals surface area (Å²) in [6.07, 6.45) is 4.78. The highest BCUT2D eigenvalue weighted by molar-refractivity contribution is 6.10. The van der Waals surface area contributed by atoms with E-state index in [0.29, 0.717) is 5.69 Å². The van der Waals surface area contributed by atoms with Crippen molar-refractivity contribution in [2.45, 2.75) is 0 Å². The van der Waals surface area contributed by atoms with Crippen molar-refractivity contribution in [3.8, 4) is 0 Å². The zero-order valence-electron chi connectivity index (χ0n) is 17.4. The van der Waals surface area contributed by atoms with Crippen LogP contribution >= 0.6 is 0 Å². The van der Waals surface area contributed by atoms with E-state index in [2.05, 4.69) is 10.6 Å². The van der Waals surface area contributed by atoms with Crippen molar-refractivity contribution < 1.29 is 9.59 Å². The van der Waals surface area contributed by atoms with Crippen LogP contribution in [0.3, 0.4) is 0 Å². The lowest BCUT2D eigenvalue weighted by Gasteiger charge is -2.11. The van der Waals surface area contributed by atoms with Gasteiger partial charge in [-0.25, -0.2) is 0 Å². The van der Waals surface area contributed by atoms with Gasteiger partial charge in [-0.05, 0) is 46.2 Å². The number of amides is 2. The molecule has 0 aromatic heterocycles. The molecular weight excluding hydrogens is 396 g/mol. The van der Waals surface area contributed by atoms with Gasteiger partial charge in [0.05, 0.1) is 0 Å². The highest BCUT2D eigenvalue weighted by Crippen LogP contribution is 2.19. The molecule has 0 unspecified atom stereocenters. The third kappa shape index (κ3) is 5.58. The predicted octanol–water partition coefficient (Wildman–Crippen LogP) is 5.65. The van der Waals surface area contributed by atoms with Gasteiger partial charge in [0, 0.05) is 11.8 Å². The zero-order chi connectivity index (χ0) is 22.2. The SMILES string of the molecule is O=C(C=Cc1ccccc1)NC(=Cc1ccccc1)C(=O)Nc1ccc2ccccc2c1. The molecule has 4 aromatic rings. The molecule has 0 bridgehead atoms. The maximum Gasteiger partial charge on any atom is 0.272 e. The summed E-state index contributed by atoms with van der Waals surface area (Å²) in [5, 5.41) is 7.71. The van der Waals surface area contributed by atoms with Crippen molar-refractivity contribution in [1.82, 2.24) is 5.32 Å². The molecule has 32 heavy (non-hydrogen) atoms. The molecule has 0 heterocycles. The van der Waals surface area contributed by atoms with Crippen LogP contribution in [-0.4, -0.2) is 11.8 Å². The second-order valence-corrected chi connectivity index (χ2v) is 7.22. The number of benzene rings is 4. The molecule has 0 saturated carbocycles. The first-order valence-corrected chi connectivity index (χ1v) is 10.3. The highest BCUT2D eigenvalue weighted by Gasteiger charge is 2.13. The fourth-order valence-corrected chi connectivity index (χ4v) is 3.25. The monoisotopic (exact) mass is 418 g/mol. The Morgan fingerprint density at radius 3 is 2.00 bits per heavy atom. The predicted molar refractivity (Wildman–Crippen MR) is 131 cm³/mol. The Labute approximate surface area is 186 Å². The summed E-state index contributed by atoms with van der Waals surface area (Å²) in [7, 11) is 0. The molecule has 4 nitrogen and oxygen atoms in total. The fourth-order valence-electron chi connectivity index (χ4n) is 3.25. The Kier molecular flexibility index (Phi) is 6.54. The van der Waals surface area contributed by atoms with E-state index in [1.807, 2.05) is 103 Å². The molecule has 0 atom stereocenters. The molecule has 0 saturated heterocycles.